The summed E-state index contributed by atoms with van der Waals surface area (Å²) >= 11 is 0. The zero-order valence-electron chi connectivity index (χ0n) is 12.6. The molecule has 0 spiro atoms. The number of amides is 2. The molecule has 1 saturated heterocycles. The summed E-state index contributed by atoms with van der Waals surface area (Å²) in [6.45, 7) is 4.98. The third kappa shape index (κ3) is 3.42. The maximum absolute atomic E-state index is 12.3. The van der Waals surface area contributed by atoms with Crippen LogP contribution in [-0.2, 0) is 9.59 Å². The topological polar surface area (TPSA) is 75.4 Å². The van der Waals surface area contributed by atoms with Crippen molar-refractivity contribution in [3.63, 3.8) is 0 Å². The number of anilines is 2. The molecule has 1 aromatic carbocycles. The van der Waals surface area contributed by atoms with Crippen LogP contribution in [0.25, 0.3) is 0 Å². The van der Waals surface area contributed by atoms with Crippen LogP contribution in [0.1, 0.15) is 26.7 Å². The zero-order valence-corrected chi connectivity index (χ0v) is 12.6. The summed E-state index contributed by atoms with van der Waals surface area (Å²) in [4.78, 5) is 26.0. The molecule has 1 atom stereocenters. The lowest BCUT2D eigenvalue weighted by molar-refractivity contribution is -0.121. The normalized spacial score (nSPS) is 16.4. The summed E-state index contributed by atoms with van der Waals surface area (Å²) in [5.41, 5.74) is 7.13. The van der Waals surface area contributed by atoms with Crippen LogP contribution in [0, 0.1) is 11.8 Å². The van der Waals surface area contributed by atoms with Gasteiger partial charge >= 0.3 is 0 Å². The van der Waals surface area contributed by atoms with Crippen molar-refractivity contribution in [3.05, 3.63) is 24.3 Å². The van der Waals surface area contributed by atoms with E-state index in [1.807, 2.05) is 38.1 Å². The first-order valence-electron chi connectivity index (χ1n) is 7.45. The van der Waals surface area contributed by atoms with Gasteiger partial charge in [0.25, 0.3) is 0 Å². The van der Waals surface area contributed by atoms with E-state index in [1.54, 1.807) is 4.90 Å². The fourth-order valence-electron chi connectivity index (χ4n) is 2.62. The van der Waals surface area contributed by atoms with Crippen LogP contribution in [0.2, 0.25) is 0 Å². The first-order valence-corrected chi connectivity index (χ1v) is 7.45. The second-order valence-electron chi connectivity index (χ2n) is 5.74. The van der Waals surface area contributed by atoms with Crippen LogP contribution in [-0.4, -0.2) is 24.9 Å². The second kappa shape index (κ2) is 6.72. The number of hydrogen-bond acceptors (Lipinski definition) is 3. The lowest BCUT2D eigenvalue weighted by Crippen LogP contribution is -2.34. The summed E-state index contributed by atoms with van der Waals surface area (Å²) in [5.74, 6) is -0.0366. The van der Waals surface area contributed by atoms with Crippen LogP contribution in [0.3, 0.4) is 0 Å². The van der Waals surface area contributed by atoms with Gasteiger partial charge in [0, 0.05) is 19.5 Å². The Balaban J connectivity index is 2.20. The molecule has 2 amide bonds. The lowest BCUT2D eigenvalue weighted by atomic mass is 9.95. The highest BCUT2D eigenvalue weighted by atomic mass is 16.2. The van der Waals surface area contributed by atoms with Crippen molar-refractivity contribution in [2.75, 3.05) is 23.3 Å². The standard InChI is InChI=1S/C16H23N3O2/c1-11(2)12(10-17)16(21)18-13-6-3-4-7-14(13)19-9-5-8-15(19)20/h3-4,6-7,11-12H,5,8-10,17H2,1-2H3,(H,18,21). The Morgan fingerprint density at radius 2 is 2.10 bits per heavy atom. The highest BCUT2D eigenvalue weighted by Gasteiger charge is 2.26. The number of nitrogens with two attached hydrogens (primary N) is 1. The Hall–Kier alpha value is -1.88. The van der Waals surface area contributed by atoms with Gasteiger partial charge in [0.1, 0.15) is 0 Å². The van der Waals surface area contributed by atoms with Gasteiger partial charge in [0.05, 0.1) is 17.3 Å². The molecule has 1 aliphatic heterocycles. The first-order chi connectivity index (χ1) is 10.0. The Kier molecular flexibility index (Phi) is 4.96. The van der Waals surface area contributed by atoms with E-state index in [0.29, 0.717) is 25.2 Å². The molecule has 114 valence electrons. The number of nitrogens with one attached hydrogen (secondary N) is 1. The summed E-state index contributed by atoms with van der Waals surface area (Å²) in [7, 11) is 0. The average molecular weight is 289 g/mol. The van der Waals surface area contributed by atoms with E-state index in [1.165, 1.54) is 0 Å². The van der Waals surface area contributed by atoms with Gasteiger partial charge in [-0.15, -0.1) is 0 Å². The Labute approximate surface area is 125 Å². The molecule has 3 N–H and O–H groups in total. The second-order valence-corrected chi connectivity index (χ2v) is 5.74. The molecular formula is C16H23N3O2. The lowest BCUT2D eigenvalue weighted by Gasteiger charge is -2.23. The molecule has 5 heteroatoms. The number of carbonyl (C=O) groups excluding carboxylic acids is 2. The van der Waals surface area contributed by atoms with E-state index in [-0.39, 0.29) is 23.7 Å². The van der Waals surface area contributed by atoms with Crippen LogP contribution in [0.4, 0.5) is 11.4 Å². The molecule has 1 aliphatic rings. The predicted molar refractivity (Wildman–Crippen MR) is 84.0 cm³/mol. The molecule has 5 nitrogen and oxygen atoms in total. The molecular weight excluding hydrogens is 266 g/mol. The van der Waals surface area contributed by atoms with E-state index in [2.05, 4.69) is 5.32 Å². The minimum Gasteiger partial charge on any atom is -0.330 e. The number of benzene rings is 1. The van der Waals surface area contributed by atoms with Crippen molar-refractivity contribution in [1.82, 2.24) is 0 Å². The van der Waals surface area contributed by atoms with E-state index in [4.69, 9.17) is 5.73 Å². The minimum absolute atomic E-state index is 0.0911. The average Bonchev–Trinajstić information content (AvgIpc) is 2.86. The molecule has 1 unspecified atom stereocenters. The van der Waals surface area contributed by atoms with Crippen LogP contribution < -0.4 is 16.0 Å². The van der Waals surface area contributed by atoms with Crippen molar-refractivity contribution in [3.8, 4) is 0 Å². The molecule has 0 radical (unpaired) electrons. The van der Waals surface area contributed by atoms with Crippen molar-refractivity contribution in [1.29, 1.82) is 0 Å². The molecule has 1 aromatic rings. The van der Waals surface area contributed by atoms with Crippen molar-refractivity contribution in [2.45, 2.75) is 26.7 Å². The largest absolute Gasteiger partial charge is 0.330 e. The molecule has 0 aliphatic carbocycles. The molecule has 21 heavy (non-hydrogen) atoms. The van der Waals surface area contributed by atoms with Crippen molar-refractivity contribution in [2.24, 2.45) is 17.6 Å². The van der Waals surface area contributed by atoms with Crippen LogP contribution in [0.15, 0.2) is 24.3 Å². The molecule has 0 saturated carbocycles. The molecule has 2 rings (SSSR count). The van der Waals surface area contributed by atoms with Gasteiger partial charge in [-0.3, -0.25) is 9.59 Å². The van der Waals surface area contributed by atoms with E-state index >= 15 is 0 Å². The Bertz CT molecular complexity index is 528. The van der Waals surface area contributed by atoms with Gasteiger partial charge in [-0.25, -0.2) is 0 Å². The van der Waals surface area contributed by atoms with Crippen molar-refractivity contribution < 1.29 is 9.59 Å². The maximum atomic E-state index is 12.3. The summed E-state index contributed by atoms with van der Waals surface area (Å²) in [6.07, 6.45) is 1.43. The van der Waals surface area contributed by atoms with E-state index in [9.17, 15) is 9.59 Å². The minimum atomic E-state index is -0.229. The third-order valence-electron chi connectivity index (χ3n) is 3.92. The van der Waals surface area contributed by atoms with E-state index in [0.717, 1.165) is 12.1 Å². The molecule has 1 fully saturated rings. The fraction of sp³-hybridized carbons (Fsp3) is 0.500. The SMILES string of the molecule is CC(C)C(CN)C(=O)Nc1ccccc1N1CCCC1=O. The first kappa shape index (κ1) is 15.5. The monoisotopic (exact) mass is 289 g/mol. The van der Waals surface area contributed by atoms with E-state index < -0.39 is 0 Å². The summed E-state index contributed by atoms with van der Waals surface area (Å²) < 4.78 is 0. The van der Waals surface area contributed by atoms with Gasteiger partial charge in [-0.05, 0) is 24.5 Å². The molecule has 1 heterocycles. The van der Waals surface area contributed by atoms with Gasteiger partial charge in [0.15, 0.2) is 0 Å². The highest BCUT2D eigenvalue weighted by Crippen LogP contribution is 2.30. The number of carbonyl (C=O) groups is 2. The van der Waals surface area contributed by atoms with Gasteiger partial charge < -0.3 is 16.0 Å². The summed E-state index contributed by atoms with van der Waals surface area (Å²) in [5, 5.41) is 2.93. The quantitative estimate of drug-likeness (QED) is 0.870. The molecule has 0 bridgehead atoms. The number of hydrogen-bond donors (Lipinski definition) is 2. The molecule has 0 aromatic heterocycles. The van der Waals surface area contributed by atoms with Gasteiger partial charge in [-0.2, -0.15) is 0 Å². The van der Waals surface area contributed by atoms with Crippen LogP contribution in [0.5, 0.6) is 0 Å². The maximum Gasteiger partial charge on any atom is 0.229 e. The number of para-hydroxylation sites is 2. The van der Waals surface area contributed by atoms with Crippen molar-refractivity contribution >= 4 is 23.2 Å². The highest BCUT2D eigenvalue weighted by molar-refractivity contribution is 6.02. The third-order valence-corrected chi connectivity index (χ3v) is 3.92. The van der Waals surface area contributed by atoms with Gasteiger partial charge in [0.2, 0.25) is 11.8 Å². The van der Waals surface area contributed by atoms with Crippen LogP contribution >= 0.6 is 0 Å². The van der Waals surface area contributed by atoms with Gasteiger partial charge in [-0.1, -0.05) is 26.0 Å². The number of rotatable bonds is 5. The Morgan fingerprint density at radius 3 is 2.67 bits per heavy atom. The smallest absolute Gasteiger partial charge is 0.229 e. The number of nitrogens with zero attached hydrogens (tertiary/aromatic N) is 1. The predicted octanol–water partition coefficient (Wildman–Crippen LogP) is 1.98. The Morgan fingerprint density at radius 1 is 1.38 bits per heavy atom. The fourth-order valence-corrected chi connectivity index (χ4v) is 2.62. The zero-order chi connectivity index (χ0) is 15.4. The summed E-state index contributed by atoms with van der Waals surface area (Å²) in [6, 6.07) is 7.42.